The van der Waals surface area contributed by atoms with Crippen LogP contribution in [0, 0.1) is 0 Å². The Morgan fingerprint density at radius 2 is 1.85 bits per heavy atom. The molecule has 2 amide bonds. The van der Waals surface area contributed by atoms with Gasteiger partial charge < -0.3 is 19.0 Å². The lowest BCUT2D eigenvalue weighted by molar-refractivity contribution is -0.158. The van der Waals surface area contributed by atoms with E-state index < -0.39 is 12.1 Å². The van der Waals surface area contributed by atoms with Crippen LogP contribution in [0.3, 0.4) is 0 Å². The SMILES string of the molecule is CC(=O)N1CCN(C(=O)C(C)OC(=O)CSc2nc3ccccc3o2)CC1. The van der Waals surface area contributed by atoms with E-state index in [1.165, 1.54) is 6.92 Å². The zero-order chi connectivity index (χ0) is 19.4. The van der Waals surface area contributed by atoms with Gasteiger partial charge >= 0.3 is 5.97 Å². The van der Waals surface area contributed by atoms with Gasteiger partial charge in [-0.2, -0.15) is 0 Å². The largest absolute Gasteiger partial charge is 0.452 e. The third kappa shape index (κ3) is 4.79. The molecule has 1 fully saturated rings. The molecule has 0 aliphatic carbocycles. The van der Waals surface area contributed by atoms with Gasteiger partial charge in [0.15, 0.2) is 11.7 Å². The van der Waals surface area contributed by atoms with Crippen LogP contribution in [-0.2, 0) is 19.1 Å². The number of para-hydroxylation sites is 2. The van der Waals surface area contributed by atoms with Gasteiger partial charge in [0.1, 0.15) is 11.3 Å². The van der Waals surface area contributed by atoms with Crippen molar-refractivity contribution in [3.63, 3.8) is 0 Å². The number of carbonyl (C=O) groups excluding carboxylic acids is 3. The van der Waals surface area contributed by atoms with Crippen LogP contribution in [-0.4, -0.2) is 70.6 Å². The summed E-state index contributed by atoms with van der Waals surface area (Å²) in [6, 6.07) is 7.34. The minimum atomic E-state index is -0.870. The lowest BCUT2D eigenvalue weighted by Crippen LogP contribution is -2.52. The summed E-state index contributed by atoms with van der Waals surface area (Å²) in [5, 5.41) is 0.382. The first-order valence-electron chi connectivity index (χ1n) is 8.66. The predicted molar refractivity (Wildman–Crippen MR) is 99.1 cm³/mol. The number of oxazole rings is 1. The van der Waals surface area contributed by atoms with Crippen molar-refractivity contribution >= 4 is 40.6 Å². The molecular formula is C18H21N3O5S. The Bertz CT molecular complexity index is 811. The number of fused-ring (bicyclic) bond motifs is 1. The molecule has 3 rings (SSSR count). The number of aromatic nitrogens is 1. The van der Waals surface area contributed by atoms with Gasteiger partial charge in [0.2, 0.25) is 5.91 Å². The Morgan fingerprint density at radius 3 is 2.52 bits per heavy atom. The minimum Gasteiger partial charge on any atom is -0.452 e. The molecule has 1 aromatic heterocycles. The number of hydrogen-bond acceptors (Lipinski definition) is 7. The summed E-state index contributed by atoms with van der Waals surface area (Å²) in [6.07, 6.45) is -0.870. The highest BCUT2D eigenvalue weighted by atomic mass is 32.2. The second-order valence-electron chi connectivity index (χ2n) is 6.20. The fourth-order valence-corrected chi connectivity index (χ4v) is 3.43. The molecule has 144 valence electrons. The van der Waals surface area contributed by atoms with Crippen molar-refractivity contribution in [2.45, 2.75) is 25.2 Å². The number of hydrogen-bond donors (Lipinski definition) is 0. The lowest BCUT2D eigenvalue weighted by atomic mass is 10.2. The van der Waals surface area contributed by atoms with Crippen LogP contribution in [0.2, 0.25) is 0 Å². The first-order chi connectivity index (χ1) is 12.9. The average molecular weight is 391 g/mol. The van der Waals surface area contributed by atoms with Crippen molar-refractivity contribution in [1.82, 2.24) is 14.8 Å². The van der Waals surface area contributed by atoms with Crippen molar-refractivity contribution in [1.29, 1.82) is 0 Å². The van der Waals surface area contributed by atoms with Crippen LogP contribution >= 0.6 is 11.8 Å². The molecule has 1 atom stereocenters. The summed E-state index contributed by atoms with van der Waals surface area (Å²) in [5.74, 6) is -0.760. The second-order valence-corrected chi connectivity index (χ2v) is 7.13. The van der Waals surface area contributed by atoms with Gasteiger partial charge in [-0.1, -0.05) is 23.9 Å². The van der Waals surface area contributed by atoms with Gasteiger partial charge in [-0.3, -0.25) is 14.4 Å². The van der Waals surface area contributed by atoms with Gasteiger partial charge in [0, 0.05) is 33.1 Å². The van der Waals surface area contributed by atoms with Gasteiger partial charge in [0.05, 0.1) is 0 Å². The molecule has 27 heavy (non-hydrogen) atoms. The number of piperazine rings is 1. The Labute approximate surface area is 160 Å². The van der Waals surface area contributed by atoms with Crippen LogP contribution in [0.4, 0.5) is 0 Å². The summed E-state index contributed by atoms with van der Waals surface area (Å²) < 4.78 is 10.8. The molecule has 1 aliphatic rings. The number of carbonyl (C=O) groups is 3. The molecule has 0 bridgehead atoms. The van der Waals surface area contributed by atoms with E-state index in [4.69, 9.17) is 9.15 Å². The van der Waals surface area contributed by atoms with E-state index >= 15 is 0 Å². The van der Waals surface area contributed by atoms with E-state index in [2.05, 4.69) is 4.98 Å². The highest BCUT2D eigenvalue weighted by molar-refractivity contribution is 7.99. The van der Waals surface area contributed by atoms with E-state index in [1.807, 2.05) is 18.2 Å². The first-order valence-corrected chi connectivity index (χ1v) is 9.65. The van der Waals surface area contributed by atoms with E-state index in [9.17, 15) is 14.4 Å². The van der Waals surface area contributed by atoms with Crippen LogP contribution in [0.15, 0.2) is 33.9 Å². The van der Waals surface area contributed by atoms with Crippen LogP contribution < -0.4 is 0 Å². The topological polar surface area (TPSA) is 93.0 Å². The highest BCUT2D eigenvalue weighted by Gasteiger charge is 2.27. The van der Waals surface area contributed by atoms with Crippen molar-refractivity contribution in [3.05, 3.63) is 24.3 Å². The number of thioether (sulfide) groups is 1. The Morgan fingerprint density at radius 1 is 1.19 bits per heavy atom. The first kappa shape index (κ1) is 19.2. The van der Waals surface area contributed by atoms with Gasteiger partial charge in [0.25, 0.3) is 11.1 Å². The third-order valence-corrected chi connectivity index (χ3v) is 5.08. The normalized spacial score (nSPS) is 15.6. The van der Waals surface area contributed by atoms with E-state index in [-0.39, 0.29) is 17.6 Å². The third-order valence-electron chi connectivity index (χ3n) is 4.28. The van der Waals surface area contributed by atoms with Crippen molar-refractivity contribution in [2.24, 2.45) is 0 Å². The maximum Gasteiger partial charge on any atom is 0.317 e. The van der Waals surface area contributed by atoms with Crippen LogP contribution in [0.25, 0.3) is 11.1 Å². The maximum absolute atomic E-state index is 12.4. The highest BCUT2D eigenvalue weighted by Crippen LogP contribution is 2.23. The molecule has 1 aliphatic heterocycles. The minimum absolute atomic E-state index is 0.00204. The van der Waals surface area contributed by atoms with Gasteiger partial charge in [-0.25, -0.2) is 4.98 Å². The number of esters is 1. The summed E-state index contributed by atoms with van der Waals surface area (Å²) in [4.78, 5) is 43.4. The summed E-state index contributed by atoms with van der Waals surface area (Å²) in [6.45, 7) is 4.94. The van der Waals surface area contributed by atoms with E-state index in [0.717, 1.165) is 17.3 Å². The molecule has 2 aromatic rings. The molecule has 1 unspecified atom stereocenters. The van der Waals surface area contributed by atoms with Crippen molar-refractivity contribution in [3.8, 4) is 0 Å². The van der Waals surface area contributed by atoms with Crippen LogP contribution in [0.5, 0.6) is 0 Å². The monoisotopic (exact) mass is 391 g/mol. The zero-order valence-electron chi connectivity index (χ0n) is 15.2. The summed E-state index contributed by atoms with van der Waals surface area (Å²) in [7, 11) is 0. The quantitative estimate of drug-likeness (QED) is 0.564. The molecule has 1 saturated heterocycles. The molecule has 8 nitrogen and oxygen atoms in total. The summed E-state index contributed by atoms with van der Waals surface area (Å²) >= 11 is 1.13. The fourth-order valence-electron chi connectivity index (χ4n) is 2.81. The molecule has 0 saturated carbocycles. The molecule has 9 heteroatoms. The van der Waals surface area contributed by atoms with Gasteiger partial charge in [-0.05, 0) is 19.1 Å². The summed E-state index contributed by atoms with van der Waals surface area (Å²) in [5.41, 5.74) is 1.38. The number of ether oxygens (including phenoxy) is 1. The Balaban J connectivity index is 1.45. The van der Waals surface area contributed by atoms with Gasteiger partial charge in [-0.15, -0.1) is 0 Å². The number of benzene rings is 1. The molecule has 2 heterocycles. The molecular weight excluding hydrogens is 370 g/mol. The number of nitrogens with zero attached hydrogens (tertiary/aromatic N) is 3. The molecule has 0 spiro atoms. The zero-order valence-corrected chi connectivity index (χ0v) is 16.0. The fraction of sp³-hybridized carbons (Fsp3) is 0.444. The Kier molecular flexibility index (Phi) is 6.00. The lowest BCUT2D eigenvalue weighted by Gasteiger charge is -2.35. The van der Waals surface area contributed by atoms with E-state index in [0.29, 0.717) is 37.0 Å². The maximum atomic E-state index is 12.4. The standard InChI is InChI=1S/C18H21N3O5S/c1-12(17(24)21-9-7-20(8-10-21)13(2)22)25-16(23)11-27-18-19-14-5-3-4-6-15(14)26-18/h3-6,12H,7-11H2,1-2H3. The van der Waals surface area contributed by atoms with E-state index in [1.54, 1.807) is 22.8 Å². The number of rotatable bonds is 5. The average Bonchev–Trinajstić information content (AvgIpc) is 3.09. The van der Waals surface area contributed by atoms with Crippen molar-refractivity contribution < 1.29 is 23.5 Å². The van der Waals surface area contributed by atoms with Crippen molar-refractivity contribution in [2.75, 3.05) is 31.9 Å². The van der Waals surface area contributed by atoms with Crippen LogP contribution in [0.1, 0.15) is 13.8 Å². The predicted octanol–water partition coefficient (Wildman–Crippen LogP) is 1.54. The molecule has 1 aromatic carbocycles. The molecule has 0 N–H and O–H groups in total. The molecule has 0 radical (unpaired) electrons. The number of amides is 2. The smallest absolute Gasteiger partial charge is 0.317 e. The second kappa shape index (κ2) is 8.43. The Hall–Kier alpha value is -2.55.